The van der Waals surface area contributed by atoms with Crippen molar-refractivity contribution < 1.29 is 9.53 Å². The summed E-state index contributed by atoms with van der Waals surface area (Å²) in [5, 5.41) is 0. The zero-order chi connectivity index (χ0) is 13.8. The molecule has 0 spiro atoms. The molecule has 0 saturated heterocycles. The lowest BCUT2D eigenvalue weighted by Crippen LogP contribution is -2.29. The third-order valence-corrected chi connectivity index (χ3v) is 3.65. The number of aryl methyl sites for hydroxylation is 1. The number of ether oxygens (including phenoxy) is 1. The van der Waals surface area contributed by atoms with Gasteiger partial charge < -0.3 is 4.74 Å². The Kier molecular flexibility index (Phi) is 4.41. The molecular weight excluding hydrogens is 236 g/mol. The minimum Gasteiger partial charge on any atom is -0.485 e. The Morgan fingerprint density at radius 1 is 1.26 bits per heavy atom. The molecular formula is C17H22O2. The van der Waals surface area contributed by atoms with Gasteiger partial charge in [-0.25, -0.2) is 0 Å². The highest BCUT2D eigenvalue weighted by atomic mass is 16.5. The topological polar surface area (TPSA) is 26.3 Å². The number of Topliss-reactive ketones (excluding diaryl/α,β-unsaturated/α-hetero) is 1. The maximum Gasteiger partial charge on any atom is 0.195 e. The van der Waals surface area contributed by atoms with Crippen molar-refractivity contribution in [2.75, 3.05) is 0 Å². The van der Waals surface area contributed by atoms with Crippen LogP contribution >= 0.6 is 0 Å². The van der Waals surface area contributed by atoms with Gasteiger partial charge in [0, 0.05) is 5.57 Å². The summed E-state index contributed by atoms with van der Waals surface area (Å²) in [6.07, 6.45) is 5.48. The van der Waals surface area contributed by atoms with Crippen LogP contribution in [0.1, 0.15) is 54.9 Å². The van der Waals surface area contributed by atoms with Crippen LogP contribution in [0, 0.1) is 6.92 Å². The van der Waals surface area contributed by atoms with Gasteiger partial charge in [0.25, 0.3) is 0 Å². The Bertz CT molecular complexity index is 488. The van der Waals surface area contributed by atoms with Gasteiger partial charge in [0.15, 0.2) is 5.78 Å². The predicted octanol–water partition coefficient (Wildman–Crippen LogP) is 4.47. The molecule has 0 bridgehead atoms. The molecule has 1 aliphatic rings. The van der Waals surface area contributed by atoms with Crippen LogP contribution in [-0.2, 0) is 0 Å². The van der Waals surface area contributed by atoms with Gasteiger partial charge in [0.05, 0.1) is 5.56 Å². The second kappa shape index (κ2) is 6.05. The van der Waals surface area contributed by atoms with Crippen LogP contribution in [0.5, 0.6) is 5.75 Å². The summed E-state index contributed by atoms with van der Waals surface area (Å²) in [4.78, 5) is 12.3. The molecule has 0 saturated carbocycles. The van der Waals surface area contributed by atoms with E-state index in [0.717, 1.165) is 18.4 Å². The fourth-order valence-corrected chi connectivity index (χ4v) is 2.46. The molecule has 102 valence electrons. The van der Waals surface area contributed by atoms with Gasteiger partial charge in [0.1, 0.15) is 11.9 Å². The summed E-state index contributed by atoms with van der Waals surface area (Å²) >= 11 is 0. The van der Waals surface area contributed by atoms with Crippen LogP contribution in [0.4, 0.5) is 0 Å². The smallest absolute Gasteiger partial charge is 0.195 e. The van der Waals surface area contributed by atoms with Crippen LogP contribution in [0.25, 0.3) is 0 Å². The fourth-order valence-electron chi connectivity index (χ4n) is 2.46. The van der Waals surface area contributed by atoms with E-state index in [9.17, 15) is 4.79 Å². The molecule has 1 unspecified atom stereocenters. The first-order valence-corrected chi connectivity index (χ1v) is 7.14. The van der Waals surface area contributed by atoms with E-state index in [1.807, 2.05) is 25.1 Å². The van der Waals surface area contributed by atoms with E-state index in [1.54, 1.807) is 0 Å². The molecule has 1 aromatic rings. The van der Waals surface area contributed by atoms with Gasteiger partial charge in [-0.2, -0.15) is 0 Å². The third kappa shape index (κ3) is 3.06. The van der Waals surface area contributed by atoms with E-state index in [0.29, 0.717) is 16.9 Å². The minimum absolute atomic E-state index is 0.0467. The average Bonchev–Trinajstić information content (AvgIpc) is 2.41. The molecule has 0 aromatic heterocycles. The molecule has 0 amide bonds. The van der Waals surface area contributed by atoms with Gasteiger partial charge in [0.2, 0.25) is 0 Å². The summed E-state index contributed by atoms with van der Waals surface area (Å²) in [5.41, 5.74) is 2.34. The number of carbonyl (C=O) groups is 1. The van der Waals surface area contributed by atoms with Crippen LogP contribution in [0.2, 0.25) is 0 Å². The van der Waals surface area contributed by atoms with Gasteiger partial charge >= 0.3 is 0 Å². The molecule has 1 atom stereocenters. The zero-order valence-electron chi connectivity index (χ0n) is 11.9. The van der Waals surface area contributed by atoms with Gasteiger partial charge in [-0.15, -0.1) is 0 Å². The Morgan fingerprint density at radius 3 is 2.79 bits per heavy atom. The highest BCUT2D eigenvalue weighted by molar-refractivity contribution is 6.11. The second-order valence-electron chi connectivity index (χ2n) is 5.31. The standard InChI is InChI=1S/C17H22O2/c1-4-5-6-7-8-15-13(3)17(18)14-11-12(2)9-10-16(14)19-15/h9-11,15H,3-8H2,1-2H3. The lowest BCUT2D eigenvalue weighted by molar-refractivity contribution is 0.0955. The number of carbonyl (C=O) groups excluding carboxylic acids is 1. The first-order valence-electron chi connectivity index (χ1n) is 7.14. The summed E-state index contributed by atoms with van der Waals surface area (Å²) in [7, 11) is 0. The van der Waals surface area contributed by atoms with Crippen molar-refractivity contribution in [2.24, 2.45) is 0 Å². The lowest BCUT2D eigenvalue weighted by atomic mass is 9.92. The van der Waals surface area contributed by atoms with Crippen molar-refractivity contribution in [1.29, 1.82) is 0 Å². The highest BCUT2D eigenvalue weighted by Crippen LogP contribution is 2.32. The van der Waals surface area contributed by atoms with E-state index >= 15 is 0 Å². The quantitative estimate of drug-likeness (QED) is 0.575. The molecule has 2 rings (SSSR count). The van der Waals surface area contributed by atoms with Crippen molar-refractivity contribution in [2.45, 2.75) is 52.1 Å². The maximum absolute atomic E-state index is 12.3. The maximum atomic E-state index is 12.3. The van der Waals surface area contributed by atoms with Crippen LogP contribution in [-0.4, -0.2) is 11.9 Å². The lowest BCUT2D eigenvalue weighted by Gasteiger charge is -2.27. The van der Waals surface area contributed by atoms with E-state index < -0.39 is 0 Å². The number of unbranched alkanes of at least 4 members (excludes halogenated alkanes) is 3. The van der Waals surface area contributed by atoms with Crippen LogP contribution < -0.4 is 4.74 Å². The van der Waals surface area contributed by atoms with E-state index in [1.165, 1.54) is 19.3 Å². The molecule has 0 fully saturated rings. The zero-order valence-corrected chi connectivity index (χ0v) is 11.9. The Hall–Kier alpha value is -1.57. The fraction of sp³-hybridized carbons (Fsp3) is 0.471. The summed E-state index contributed by atoms with van der Waals surface area (Å²) in [6.45, 7) is 8.10. The monoisotopic (exact) mass is 258 g/mol. The number of hydrogen-bond acceptors (Lipinski definition) is 2. The molecule has 2 heteroatoms. The molecule has 1 aliphatic heterocycles. The number of rotatable bonds is 5. The second-order valence-corrected chi connectivity index (χ2v) is 5.31. The van der Waals surface area contributed by atoms with Gasteiger partial charge in [-0.3, -0.25) is 4.79 Å². The summed E-state index contributed by atoms with van der Waals surface area (Å²) in [5.74, 6) is 0.758. The number of ketones is 1. The molecule has 1 heterocycles. The first-order chi connectivity index (χ1) is 9.13. The van der Waals surface area contributed by atoms with Crippen molar-refractivity contribution in [3.63, 3.8) is 0 Å². The van der Waals surface area contributed by atoms with Crippen molar-refractivity contribution in [3.8, 4) is 5.75 Å². The minimum atomic E-state index is -0.139. The predicted molar refractivity (Wildman–Crippen MR) is 77.8 cm³/mol. The third-order valence-electron chi connectivity index (χ3n) is 3.65. The molecule has 0 N–H and O–H groups in total. The summed E-state index contributed by atoms with van der Waals surface area (Å²) in [6, 6.07) is 5.76. The largest absolute Gasteiger partial charge is 0.485 e. The van der Waals surface area contributed by atoms with Crippen LogP contribution in [0.3, 0.4) is 0 Å². The average molecular weight is 258 g/mol. The van der Waals surface area contributed by atoms with E-state index in [-0.39, 0.29) is 11.9 Å². The Balaban J connectivity index is 2.08. The summed E-state index contributed by atoms with van der Waals surface area (Å²) < 4.78 is 5.93. The number of benzene rings is 1. The van der Waals surface area contributed by atoms with Crippen molar-refractivity contribution in [1.82, 2.24) is 0 Å². The van der Waals surface area contributed by atoms with Gasteiger partial charge in [-0.05, 0) is 31.9 Å². The van der Waals surface area contributed by atoms with Gasteiger partial charge in [-0.1, -0.05) is 44.4 Å². The number of fused-ring (bicyclic) bond motifs is 1. The SMILES string of the molecule is C=C1C(=O)c2cc(C)ccc2OC1CCCCCC. The molecule has 2 nitrogen and oxygen atoms in total. The molecule has 0 radical (unpaired) electrons. The van der Waals surface area contributed by atoms with Crippen molar-refractivity contribution >= 4 is 5.78 Å². The molecule has 1 aromatic carbocycles. The molecule has 0 aliphatic carbocycles. The first kappa shape index (κ1) is 13.9. The Labute approximate surface area is 115 Å². The molecule has 19 heavy (non-hydrogen) atoms. The highest BCUT2D eigenvalue weighted by Gasteiger charge is 2.29. The van der Waals surface area contributed by atoms with E-state index in [2.05, 4.69) is 13.5 Å². The van der Waals surface area contributed by atoms with E-state index in [4.69, 9.17) is 4.74 Å². The van der Waals surface area contributed by atoms with Crippen LogP contribution in [0.15, 0.2) is 30.4 Å². The normalized spacial score (nSPS) is 18.1. The Morgan fingerprint density at radius 2 is 2.05 bits per heavy atom. The number of hydrogen-bond donors (Lipinski definition) is 0. The van der Waals surface area contributed by atoms with Crippen molar-refractivity contribution in [3.05, 3.63) is 41.5 Å².